The van der Waals surface area contributed by atoms with Crippen molar-refractivity contribution in [1.29, 1.82) is 0 Å². The second-order valence-corrected chi connectivity index (χ2v) is 3.59. The molecule has 0 saturated heterocycles. The molecule has 15 heavy (non-hydrogen) atoms. The highest BCUT2D eigenvalue weighted by atomic mass is 16.7. The Morgan fingerprint density at radius 2 is 2.33 bits per heavy atom. The minimum atomic E-state index is -0.529. The fourth-order valence-electron chi connectivity index (χ4n) is 1.31. The second kappa shape index (κ2) is 5.88. The summed E-state index contributed by atoms with van der Waals surface area (Å²) in [6.07, 6.45) is 3.36. The molecule has 86 valence electrons. The standard InChI is InChI=1S/C11H18O4/c1-4-13-11(12)9-6-5-7-10(15-9)14-8(2)3/h5,7-10H,4,6H2,1-3H3/t9-,10-/m0/s1. The fraction of sp³-hybridized carbons (Fsp3) is 0.727. The van der Waals surface area contributed by atoms with Crippen molar-refractivity contribution in [3.8, 4) is 0 Å². The summed E-state index contributed by atoms with van der Waals surface area (Å²) >= 11 is 0. The Morgan fingerprint density at radius 3 is 2.93 bits per heavy atom. The minimum Gasteiger partial charge on any atom is -0.464 e. The average Bonchev–Trinajstić information content (AvgIpc) is 2.17. The first-order chi connectivity index (χ1) is 7.13. The Hall–Kier alpha value is -0.870. The monoisotopic (exact) mass is 214 g/mol. The first-order valence-corrected chi connectivity index (χ1v) is 5.27. The van der Waals surface area contributed by atoms with Crippen molar-refractivity contribution in [2.24, 2.45) is 0 Å². The van der Waals surface area contributed by atoms with E-state index in [0.717, 1.165) is 0 Å². The highest BCUT2D eigenvalue weighted by Crippen LogP contribution is 2.15. The number of hydrogen-bond acceptors (Lipinski definition) is 4. The van der Waals surface area contributed by atoms with Gasteiger partial charge in [0.2, 0.25) is 0 Å². The number of ether oxygens (including phenoxy) is 3. The summed E-state index contributed by atoms with van der Waals surface area (Å²) in [5.41, 5.74) is 0. The maximum Gasteiger partial charge on any atom is 0.335 e. The molecule has 2 atom stereocenters. The molecule has 0 aliphatic carbocycles. The summed E-state index contributed by atoms with van der Waals surface area (Å²) in [6, 6.07) is 0. The van der Waals surface area contributed by atoms with Crippen LogP contribution in [0.4, 0.5) is 0 Å². The molecule has 1 heterocycles. The number of carbonyl (C=O) groups is 1. The third-order valence-electron chi connectivity index (χ3n) is 1.90. The van der Waals surface area contributed by atoms with E-state index in [0.29, 0.717) is 13.0 Å². The van der Waals surface area contributed by atoms with Crippen molar-refractivity contribution in [2.45, 2.75) is 45.7 Å². The molecule has 4 nitrogen and oxygen atoms in total. The Balaban J connectivity index is 2.44. The average molecular weight is 214 g/mol. The van der Waals surface area contributed by atoms with Gasteiger partial charge in [-0.25, -0.2) is 4.79 Å². The molecule has 0 bridgehead atoms. The van der Waals surface area contributed by atoms with E-state index in [1.165, 1.54) is 0 Å². The predicted molar refractivity (Wildman–Crippen MR) is 55.3 cm³/mol. The zero-order valence-electron chi connectivity index (χ0n) is 9.43. The van der Waals surface area contributed by atoms with E-state index in [9.17, 15) is 4.79 Å². The topological polar surface area (TPSA) is 44.8 Å². The Bertz CT molecular complexity index is 235. The largest absolute Gasteiger partial charge is 0.464 e. The SMILES string of the molecule is CCOC(=O)[C@@H]1CC=C[C@@H](OC(C)C)O1. The smallest absolute Gasteiger partial charge is 0.335 e. The lowest BCUT2D eigenvalue weighted by molar-refractivity contribution is -0.190. The summed E-state index contributed by atoms with van der Waals surface area (Å²) in [7, 11) is 0. The zero-order valence-corrected chi connectivity index (χ0v) is 9.43. The van der Waals surface area contributed by atoms with Crippen LogP contribution in [0.25, 0.3) is 0 Å². The van der Waals surface area contributed by atoms with Crippen LogP contribution in [0.1, 0.15) is 27.2 Å². The molecule has 0 saturated carbocycles. The molecule has 4 heteroatoms. The van der Waals surface area contributed by atoms with Gasteiger partial charge in [-0.05, 0) is 26.8 Å². The third-order valence-corrected chi connectivity index (χ3v) is 1.90. The van der Waals surface area contributed by atoms with Gasteiger partial charge in [0.1, 0.15) is 0 Å². The van der Waals surface area contributed by atoms with Gasteiger partial charge in [0.15, 0.2) is 12.4 Å². The molecule has 1 aliphatic rings. The summed E-state index contributed by atoms with van der Waals surface area (Å²) < 4.78 is 15.7. The fourth-order valence-corrected chi connectivity index (χ4v) is 1.31. The molecular weight excluding hydrogens is 196 g/mol. The van der Waals surface area contributed by atoms with E-state index in [2.05, 4.69) is 0 Å². The van der Waals surface area contributed by atoms with Crippen molar-refractivity contribution in [3.63, 3.8) is 0 Å². The molecule has 0 radical (unpaired) electrons. The number of rotatable bonds is 4. The molecule has 0 aromatic heterocycles. The molecule has 0 aromatic carbocycles. The van der Waals surface area contributed by atoms with Crippen LogP contribution in [0.15, 0.2) is 12.2 Å². The van der Waals surface area contributed by atoms with E-state index in [1.807, 2.05) is 26.0 Å². The van der Waals surface area contributed by atoms with Crippen molar-refractivity contribution in [2.75, 3.05) is 6.61 Å². The quantitative estimate of drug-likeness (QED) is 0.527. The molecule has 0 amide bonds. The van der Waals surface area contributed by atoms with Gasteiger partial charge < -0.3 is 14.2 Å². The van der Waals surface area contributed by atoms with E-state index in [4.69, 9.17) is 14.2 Å². The first kappa shape index (κ1) is 12.2. The van der Waals surface area contributed by atoms with Crippen LogP contribution in [0.2, 0.25) is 0 Å². The third kappa shape index (κ3) is 4.01. The lowest BCUT2D eigenvalue weighted by Gasteiger charge is -2.25. The van der Waals surface area contributed by atoms with Gasteiger partial charge in [0.25, 0.3) is 0 Å². The second-order valence-electron chi connectivity index (χ2n) is 3.59. The van der Waals surface area contributed by atoms with Crippen molar-refractivity contribution in [3.05, 3.63) is 12.2 Å². The van der Waals surface area contributed by atoms with Crippen LogP contribution in [0, 0.1) is 0 Å². The number of carbonyl (C=O) groups excluding carboxylic acids is 1. The van der Waals surface area contributed by atoms with Gasteiger partial charge in [-0.3, -0.25) is 0 Å². The molecule has 1 aliphatic heterocycles. The molecule has 0 spiro atoms. The molecule has 1 rings (SSSR count). The van der Waals surface area contributed by atoms with Crippen LogP contribution < -0.4 is 0 Å². The lowest BCUT2D eigenvalue weighted by atomic mass is 10.2. The van der Waals surface area contributed by atoms with Gasteiger partial charge in [0, 0.05) is 6.42 Å². The predicted octanol–water partition coefficient (Wildman–Crippen LogP) is 1.65. The van der Waals surface area contributed by atoms with Gasteiger partial charge >= 0.3 is 5.97 Å². The maximum absolute atomic E-state index is 11.4. The summed E-state index contributed by atoms with van der Waals surface area (Å²) in [5, 5.41) is 0. The molecular formula is C11H18O4. The summed E-state index contributed by atoms with van der Waals surface area (Å²) in [4.78, 5) is 11.4. The number of esters is 1. The summed E-state index contributed by atoms with van der Waals surface area (Å²) in [5.74, 6) is -0.320. The van der Waals surface area contributed by atoms with E-state index >= 15 is 0 Å². The van der Waals surface area contributed by atoms with Gasteiger partial charge in [0.05, 0.1) is 12.7 Å². The molecule has 0 fully saturated rings. The Labute approximate surface area is 90.2 Å². The normalized spacial score (nSPS) is 25.6. The van der Waals surface area contributed by atoms with Crippen LogP contribution in [0.5, 0.6) is 0 Å². The van der Waals surface area contributed by atoms with Crippen molar-refractivity contribution in [1.82, 2.24) is 0 Å². The van der Waals surface area contributed by atoms with E-state index < -0.39 is 12.4 Å². The van der Waals surface area contributed by atoms with Gasteiger partial charge in [-0.1, -0.05) is 6.08 Å². The highest BCUT2D eigenvalue weighted by Gasteiger charge is 2.26. The maximum atomic E-state index is 11.4. The molecule has 0 unspecified atom stereocenters. The molecule has 0 N–H and O–H groups in total. The lowest BCUT2D eigenvalue weighted by Crippen LogP contribution is -2.34. The van der Waals surface area contributed by atoms with Crippen LogP contribution in [-0.4, -0.2) is 31.1 Å². The summed E-state index contributed by atoms with van der Waals surface area (Å²) in [6.45, 7) is 5.99. The Morgan fingerprint density at radius 1 is 1.60 bits per heavy atom. The van der Waals surface area contributed by atoms with Gasteiger partial charge in [-0.15, -0.1) is 0 Å². The van der Waals surface area contributed by atoms with Crippen LogP contribution in [0.3, 0.4) is 0 Å². The van der Waals surface area contributed by atoms with E-state index in [-0.39, 0.29) is 12.1 Å². The zero-order chi connectivity index (χ0) is 11.3. The highest BCUT2D eigenvalue weighted by molar-refractivity contribution is 5.75. The van der Waals surface area contributed by atoms with Crippen LogP contribution in [-0.2, 0) is 19.0 Å². The number of hydrogen-bond donors (Lipinski definition) is 0. The van der Waals surface area contributed by atoms with Crippen LogP contribution >= 0.6 is 0 Å². The molecule has 0 aromatic rings. The van der Waals surface area contributed by atoms with Crippen molar-refractivity contribution >= 4 is 5.97 Å². The van der Waals surface area contributed by atoms with Crippen molar-refractivity contribution < 1.29 is 19.0 Å². The Kier molecular flexibility index (Phi) is 4.78. The van der Waals surface area contributed by atoms with Gasteiger partial charge in [-0.2, -0.15) is 0 Å². The van der Waals surface area contributed by atoms with E-state index in [1.54, 1.807) is 6.92 Å². The minimum absolute atomic E-state index is 0.0700. The first-order valence-electron chi connectivity index (χ1n) is 5.27.